The third-order valence-corrected chi connectivity index (χ3v) is 3.81. The first kappa shape index (κ1) is 10.3. The van der Waals surface area contributed by atoms with E-state index in [2.05, 4.69) is 4.98 Å². The van der Waals surface area contributed by atoms with E-state index < -0.39 is 5.97 Å². The van der Waals surface area contributed by atoms with Crippen LogP contribution in [0, 0.1) is 18.8 Å². The van der Waals surface area contributed by atoms with Gasteiger partial charge < -0.3 is 5.11 Å². The van der Waals surface area contributed by atoms with Gasteiger partial charge in [0.25, 0.3) is 0 Å². The first-order valence-corrected chi connectivity index (χ1v) is 5.57. The molecule has 1 aromatic rings. The normalized spacial score (nSPS) is 23.9. The first-order valence-electron chi connectivity index (χ1n) is 4.75. The highest BCUT2D eigenvalue weighted by Gasteiger charge is 2.41. The molecule has 0 aliphatic heterocycles. The minimum Gasteiger partial charge on any atom is -0.477 e. The van der Waals surface area contributed by atoms with Crippen molar-refractivity contribution in [2.75, 3.05) is 0 Å². The van der Waals surface area contributed by atoms with Crippen LogP contribution in [0.1, 0.15) is 38.5 Å². The zero-order chi connectivity index (χ0) is 11.2. The maximum atomic E-state index is 11.8. The Hall–Kier alpha value is -1.23. The monoisotopic (exact) mass is 225 g/mol. The molecule has 1 saturated carbocycles. The quantitative estimate of drug-likeness (QED) is 0.799. The van der Waals surface area contributed by atoms with Crippen molar-refractivity contribution in [3.05, 3.63) is 15.6 Å². The number of ketones is 1. The van der Waals surface area contributed by atoms with Crippen molar-refractivity contribution in [3.8, 4) is 0 Å². The number of carbonyl (C=O) groups is 2. The van der Waals surface area contributed by atoms with Gasteiger partial charge in [-0.25, -0.2) is 9.78 Å². The Morgan fingerprint density at radius 3 is 2.53 bits per heavy atom. The summed E-state index contributed by atoms with van der Waals surface area (Å²) in [5, 5.41) is 9.17. The lowest BCUT2D eigenvalue weighted by atomic mass is 10.2. The molecule has 80 valence electrons. The molecule has 2 atom stereocenters. The van der Waals surface area contributed by atoms with E-state index >= 15 is 0 Å². The summed E-state index contributed by atoms with van der Waals surface area (Å²) in [6.45, 7) is 3.63. The van der Waals surface area contributed by atoms with Crippen LogP contribution in [0.3, 0.4) is 0 Å². The summed E-state index contributed by atoms with van der Waals surface area (Å²) in [4.78, 5) is 26.7. The molecule has 0 bridgehead atoms. The van der Waals surface area contributed by atoms with E-state index in [9.17, 15) is 9.59 Å². The second-order valence-corrected chi connectivity index (χ2v) is 4.92. The predicted molar refractivity (Wildman–Crippen MR) is 55.4 cm³/mol. The molecule has 4 nitrogen and oxygen atoms in total. The van der Waals surface area contributed by atoms with E-state index in [4.69, 9.17) is 5.11 Å². The molecule has 5 heteroatoms. The number of rotatable bonds is 3. The molecule has 0 aromatic carbocycles. The van der Waals surface area contributed by atoms with Crippen LogP contribution < -0.4 is 0 Å². The van der Waals surface area contributed by atoms with Gasteiger partial charge in [0.2, 0.25) is 0 Å². The van der Waals surface area contributed by atoms with Crippen molar-refractivity contribution in [2.24, 2.45) is 11.8 Å². The van der Waals surface area contributed by atoms with E-state index in [-0.39, 0.29) is 16.6 Å². The van der Waals surface area contributed by atoms with E-state index in [1.54, 1.807) is 6.92 Å². The minimum absolute atomic E-state index is 0.00287. The second-order valence-electron chi connectivity index (χ2n) is 3.92. The number of thiazole rings is 1. The van der Waals surface area contributed by atoms with Gasteiger partial charge in [-0.2, -0.15) is 0 Å². The third kappa shape index (κ3) is 1.79. The fourth-order valence-corrected chi connectivity index (χ4v) is 2.45. The van der Waals surface area contributed by atoms with Crippen LogP contribution in [0.15, 0.2) is 0 Å². The number of carboxylic acid groups (broad SMARTS) is 1. The van der Waals surface area contributed by atoms with Crippen molar-refractivity contribution in [2.45, 2.75) is 20.3 Å². The van der Waals surface area contributed by atoms with E-state index in [1.165, 1.54) is 0 Å². The van der Waals surface area contributed by atoms with Gasteiger partial charge in [-0.05, 0) is 19.3 Å². The molecule has 1 N–H and O–H groups in total. The largest absolute Gasteiger partial charge is 0.477 e. The lowest BCUT2D eigenvalue weighted by molar-refractivity contribution is 0.0701. The van der Waals surface area contributed by atoms with Gasteiger partial charge in [-0.1, -0.05) is 6.92 Å². The zero-order valence-corrected chi connectivity index (χ0v) is 9.30. The van der Waals surface area contributed by atoms with Gasteiger partial charge in [0.15, 0.2) is 10.8 Å². The Balaban J connectivity index is 2.26. The number of nitrogens with zero attached hydrogens (tertiary/aromatic N) is 1. The molecule has 2 rings (SSSR count). The molecule has 0 amide bonds. The van der Waals surface area contributed by atoms with Crippen LogP contribution in [0.4, 0.5) is 0 Å². The first-order chi connectivity index (χ1) is 7.00. The highest BCUT2D eigenvalue weighted by Crippen LogP contribution is 2.41. The molecule has 15 heavy (non-hydrogen) atoms. The summed E-state index contributed by atoms with van der Waals surface area (Å²) in [5.41, 5.74) is 0.434. The lowest BCUT2D eigenvalue weighted by Crippen LogP contribution is -2.01. The van der Waals surface area contributed by atoms with Gasteiger partial charge in [0.1, 0.15) is 4.88 Å². The van der Waals surface area contributed by atoms with Crippen molar-refractivity contribution in [1.82, 2.24) is 4.98 Å². The summed E-state index contributed by atoms with van der Waals surface area (Å²) < 4.78 is 0. The van der Waals surface area contributed by atoms with Gasteiger partial charge in [0.05, 0.1) is 5.69 Å². The van der Waals surface area contributed by atoms with Crippen LogP contribution in [0.25, 0.3) is 0 Å². The molecule has 2 unspecified atom stereocenters. The fraction of sp³-hybridized carbons (Fsp3) is 0.500. The molecule has 1 fully saturated rings. The van der Waals surface area contributed by atoms with Gasteiger partial charge in [-0.15, -0.1) is 11.3 Å². The highest BCUT2D eigenvalue weighted by molar-refractivity contribution is 7.15. The Kier molecular flexibility index (Phi) is 2.34. The molecule has 0 radical (unpaired) electrons. The maximum Gasteiger partial charge on any atom is 0.347 e. The van der Waals surface area contributed by atoms with Crippen molar-refractivity contribution in [1.29, 1.82) is 0 Å². The molecular formula is C10H11NO3S. The summed E-state index contributed by atoms with van der Waals surface area (Å²) in [7, 11) is 0. The van der Waals surface area contributed by atoms with Crippen LogP contribution in [-0.4, -0.2) is 21.8 Å². The number of Topliss-reactive ketones (excluding diaryl/α,β-unsaturated/α-hetero) is 1. The van der Waals surface area contributed by atoms with Crippen molar-refractivity contribution < 1.29 is 14.7 Å². The molecular weight excluding hydrogens is 214 g/mol. The number of carbonyl (C=O) groups excluding carboxylic acids is 1. The Morgan fingerprint density at radius 1 is 1.53 bits per heavy atom. The summed E-state index contributed by atoms with van der Waals surface area (Å²) in [5.74, 6) is -0.511. The van der Waals surface area contributed by atoms with Crippen LogP contribution >= 0.6 is 11.3 Å². The molecule has 1 aliphatic rings. The van der Waals surface area contributed by atoms with E-state index in [0.717, 1.165) is 17.8 Å². The van der Waals surface area contributed by atoms with Crippen LogP contribution in [0.5, 0.6) is 0 Å². The Labute approximate surface area is 91.0 Å². The highest BCUT2D eigenvalue weighted by atomic mass is 32.1. The Bertz CT molecular complexity index is 438. The number of aryl methyl sites for hydroxylation is 1. The Morgan fingerprint density at radius 2 is 2.13 bits per heavy atom. The smallest absolute Gasteiger partial charge is 0.347 e. The minimum atomic E-state index is -1.01. The third-order valence-electron chi connectivity index (χ3n) is 2.65. The number of hydrogen-bond donors (Lipinski definition) is 1. The SMILES string of the molecule is Cc1nc(C(=O)C2CC2C)sc1C(=O)O. The number of aromatic carboxylic acids is 1. The lowest BCUT2D eigenvalue weighted by Gasteiger charge is -1.90. The second kappa shape index (κ2) is 3.41. The fourth-order valence-electron chi connectivity index (χ4n) is 1.55. The van der Waals surface area contributed by atoms with Crippen molar-refractivity contribution in [3.63, 3.8) is 0 Å². The van der Waals surface area contributed by atoms with Crippen LogP contribution in [0.2, 0.25) is 0 Å². The number of carboxylic acids is 1. The number of hydrogen-bond acceptors (Lipinski definition) is 4. The molecule has 1 aliphatic carbocycles. The van der Waals surface area contributed by atoms with E-state index in [0.29, 0.717) is 16.6 Å². The van der Waals surface area contributed by atoms with E-state index in [1.807, 2.05) is 6.92 Å². The molecule has 1 heterocycles. The summed E-state index contributed by atoms with van der Waals surface area (Å²) >= 11 is 0.986. The van der Waals surface area contributed by atoms with Gasteiger partial charge >= 0.3 is 5.97 Å². The van der Waals surface area contributed by atoms with Crippen molar-refractivity contribution >= 4 is 23.1 Å². The topological polar surface area (TPSA) is 67.3 Å². The molecule has 0 saturated heterocycles. The average Bonchev–Trinajstić information content (AvgIpc) is 2.73. The average molecular weight is 225 g/mol. The number of aromatic nitrogens is 1. The van der Waals surface area contributed by atoms with Crippen LogP contribution in [-0.2, 0) is 0 Å². The standard InChI is InChI=1S/C10H11NO3S/c1-4-3-6(4)7(12)9-11-5(2)8(15-9)10(13)14/h4,6H,3H2,1-2H3,(H,13,14). The maximum absolute atomic E-state index is 11.8. The summed E-state index contributed by atoms with van der Waals surface area (Å²) in [6.07, 6.45) is 0.903. The predicted octanol–water partition coefficient (Wildman–Crippen LogP) is 1.99. The summed E-state index contributed by atoms with van der Waals surface area (Å²) in [6, 6.07) is 0. The van der Waals surface area contributed by atoms with Gasteiger partial charge in [-0.3, -0.25) is 4.79 Å². The zero-order valence-electron chi connectivity index (χ0n) is 8.48. The molecule has 0 spiro atoms. The van der Waals surface area contributed by atoms with Gasteiger partial charge in [0, 0.05) is 5.92 Å². The molecule has 1 aromatic heterocycles.